The summed E-state index contributed by atoms with van der Waals surface area (Å²) in [7, 11) is -4.41. The molecule has 0 bridgehead atoms. The van der Waals surface area contributed by atoms with Gasteiger partial charge in [-0.1, -0.05) is 6.07 Å². The Labute approximate surface area is 225 Å². The molecule has 1 unspecified atom stereocenters. The Balaban J connectivity index is 1.44. The summed E-state index contributed by atoms with van der Waals surface area (Å²) in [6.45, 7) is 7.86. The van der Waals surface area contributed by atoms with Crippen LogP contribution in [0.2, 0.25) is 0 Å². The fraction of sp³-hybridized carbons (Fsp3) is 0.462. The Kier molecular flexibility index (Phi) is 7.77. The van der Waals surface area contributed by atoms with Crippen molar-refractivity contribution in [3.05, 3.63) is 53.1 Å². The molecule has 2 saturated heterocycles. The van der Waals surface area contributed by atoms with E-state index < -0.39 is 45.6 Å². The lowest BCUT2D eigenvalue weighted by Crippen LogP contribution is -2.50. The van der Waals surface area contributed by atoms with Crippen LogP contribution < -0.4 is 9.80 Å². The van der Waals surface area contributed by atoms with Crippen LogP contribution in [0.3, 0.4) is 0 Å². The Hall–Kier alpha value is -3.45. The fourth-order valence-electron chi connectivity index (χ4n) is 4.56. The maximum atomic E-state index is 15.2. The van der Waals surface area contributed by atoms with Gasteiger partial charge < -0.3 is 19.3 Å². The van der Waals surface area contributed by atoms with Crippen molar-refractivity contribution in [1.29, 1.82) is 0 Å². The number of nitrogens with zero attached hydrogens (tertiary/aromatic N) is 3. The normalized spacial score (nSPS) is 18.4. The summed E-state index contributed by atoms with van der Waals surface area (Å²) >= 11 is 0. The van der Waals surface area contributed by atoms with Gasteiger partial charge in [-0.15, -0.1) is 0 Å². The highest BCUT2D eigenvalue weighted by molar-refractivity contribution is 7.85. The van der Waals surface area contributed by atoms with Crippen LogP contribution in [0.25, 0.3) is 0 Å². The van der Waals surface area contributed by atoms with Crippen molar-refractivity contribution in [2.24, 2.45) is 0 Å². The van der Waals surface area contributed by atoms with Crippen LogP contribution in [0.15, 0.2) is 35.2 Å². The van der Waals surface area contributed by atoms with E-state index in [0.29, 0.717) is 5.56 Å². The van der Waals surface area contributed by atoms with E-state index in [1.807, 2.05) is 0 Å². The highest BCUT2D eigenvalue weighted by Gasteiger charge is 2.35. The van der Waals surface area contributed by atoms with E-state index in [-0.39, 0.29) is 55.4 Å². The van der Waals surface area contributed by atoms with E-state index >= 15 is 8.78 Å². The first-order chi connectivity index (χ1) is 18.1. The predicted octanol–water partition coefficient (Wildman–Crippen LogP) is 4.14. The number of piperazine rings is 1. The first kappa shape index (κ1) is 28.6. The molecule has 2 heterocycles. The SMILES string of the molecule is Cc1ccc(S(=O)(=O)O)cc1CC1CN(c2cc(F)c(N3CCN(C(=O)OC(C)(C)C)CC3)c(F)c2)C(=O)O1. The first-order valence-electron chi connectivity index (χ1n) is 12.4. The van der Waals surface area contributed by atoms with Gasteiger partial charge in [-0.3, -0.25) is 9.45 Å². The number of aryl methyl sites for hydroxylation is 1. The number of carbonyl (C=O) groups is 2. The molecular weight excluding hydrogens is 536 g/mol. The van der Waals surface area contributed by atoms with Gasteiger partial charge >= 0.3 is 12.2 Å². The molecule has 0 spiro atoms. The molecule has 0 aromatic heterocycles. The van der Waals surface area contributed by atoms with Crippen molar-refractivity contribution in [2.45, 2.75) is 50.7 Å². The van der Waals surface area contributed by atoms with Gasteiger partial charge in [0, 0.05) is 44.7 Å². The van der Waals surface area contributed by atoms with Gasteiger partial charge in [0.15, 0.2) is 11.6 Å². The number of benzene rings is 2. The van der Waals surface area contributed by atoms with Gasteiger partial charge in [0.2, 0.25) is 0 Å². The van der Waals surface area contributed by atoms with Crippen LogP contribution >= 0.6 is 0 Å². The molecule has 1 N–H and O–H groups in total. The average molecular weight is 568 g/mol. The number of ether oxygens (including phenoxy) is 2. The number of rotatable bonds is 5. The van der Waals surface area contributed by atoms with Gasteiger partial charge in [-0.2, -0.15) is 8.42 Å². The van der Waals surface area contributed by atoms with E-state index in [4.69, 9.17) is 9.47 Å². The van der Waals surface area contributed by atoms with E-state index in [9.17, 15) is 22.6 Å². The van der Waals surface area contributed by atoms with E-state index in [1.54, 1.807) is 27.7 Å². The number of anilines is 2. The minimum atomic E-state index is -4.41. The molecule has 10 nitrogen and oxygen atoms in total. The summed E-state index contributed by atoms with van der Waals surface area (Å²) in [4.78, 5) is 28.7. The van der Waals surface area contributed by atoms with Crippen molar-refractivity contribution in [2.75, 3.05) is 42.5 Å². The quantitative estimate of drug-likeness (QED) is 0.536. The molecule has 0 aliphatic carbocycles. The molecule has 0 saturated carbocycles. The molecule has 0 radical (unpaired) electrons. The van der Waals surface area contributed by atoms with Crippen LogP contribution in [0.5, 0.6) is 0 Å². The second-order valence-corrected chi connectivity index (χ2v) is 12.0. The van der Waals surface area contributed by atoms with E-state index in [2.05, 4.69) is 0 Å². The zero-order valence-corrected chi connectivity index (χ0v) is 22.9. The van der Waals surface area contributed by atoms with Gasteiger partial charge in [-0.05, 0) is 51.0 Å². The summed E-state index contributed by atoms with van der Waals surface area (Å²) in [6, 6.07) is 6.23. The minimum Gasteiger partial charge on any atom is -0.444 e. The fourth-order valence-corrected chi connectivity index (χ4v) is 5.09. The molecule has 2 aliphatic rings. The number of hydrogen-bond donors (Lipinski definition) is 1. The third-order valence-corrected chi connectivity index (χ3v) is 7.35. The summed E-state index contributed by atoms with van der Waals surface area (Å²) in [5.41, 5.74) is 0.357. The lowest BCUT2D eigenvalue weighted by Gasteiger charge is -2.37. The van der Waals surface area contributed by atoms with E-state index in [1.165, 1.54) is 28.0 Å². The summed E-state index contributed by atoms with van der Waals surface area (Å²) in [5, 5.41) is 0. The van der Waals surface area contributed by atoms with Crippen LogP contribution in [0.1, 0.15) is 31.9 Å². The standard InChI is InChI=1S/C26H31F2N3O7S/c1-16-5-6-20(39(34,35)36)12-17(16)11-19-15-31(25(33)37-19)18-13-21(27)23(22(28)14-18)29-7-9-30(10-8-29)24(32)38-26(2,3)4/h5-6,12-14,19H,7-11,15H2,1-4H3,(H,34,35,36). The number of cyclic esters (lactones) is 1. The predicted molar refractivity (Wildman–Crippen MR) is 139 cm³/mol. The molecule has 1 atom stereocenters. The van der Waals surface area contributed by atoms with Crippen LogP contribution in [-0.2, 0) is 26.0 Å². The monoisotopic (exact) mass is 567 g/mol. The average Bonchev–Trinajstić information content (AvgIpc) is 3.18. The lowest BCUT2D eigenvalue weighted by atomic mass is 10.0. The van der Waals surface area contributed by atoms with Crippen molar-refractivity contribution in [3.63, 3.8) is 0 Å². The molecule has 2 fully saturated rings. The molecule has 2 aliphatic heterocycles. The molecule has 39 heavy (non-hydrogen) atoms. The molecular formula is C26H31F2N3O7S. The van der Waals surface area contributed by atoms with Crippen molar-refractivity contribution < 1.29 is 40.8 Å². The van der Waals surface area contributed by atoms with E-state index in [0.717, 1.165) is 22.6 Å². The number of hydrogen-bond acceptors (Lipinski definition) is 7. The molecule has 13 heteroatoms. The van der Waals surface area contributed by atoms with Gasteiger partial charge in [0.25, 0.3) is 10.1 Å². The number of carbonyl (C=O) groups excluding carboxylic acids is 2. The Morgan fingerprint density at radius 1 is 1.10 bits per heavy atom. The number of amides is 2. The first-order valence-corrected chi connectivity index (χ1v) is 13.8. The van der Waals surface area contributed by atoms with Crippen LogP contribution in [0, 0.1) is 18.6 Å². The molecule has 2 aromatic carbocycles. The second kappa shape index (κ2) is 10.6. The summed E-state index contributed by atoms with van der Waals surface area (Å²) < 4.78 is 73.4. The zero-order valence-electron chi connectivity index (χ0n) is 22.1. The number of halogens is 2. The van der Waals surface area contributed by atoms with Gasteiger partial charge in [-0.25, -0.2) is 18.4 Å². The van der Waals surface area contributed by atoms with Crippen LogP contribution in [0.4, 0.5) is 29.7 Å². The Morgan fingerprint density at radius 3 is 2.28 bits per heavy atom. The largest absolute Gasteiger partial charge is 0.444 e. The highest BCUT2D eigenvalue weighted by atomic mass is 32.2. The Morgan fingerprint density at radius 2 is 1.72 bits per heavy atom. The minimum absolute atomic E-state index is 0.0127. The van der Waals surface area contributed by atoms with Crippen molar-refractivity contribution in [3.8, 4) is 0 Å². The maximum absolute atomic E-state index is 15.2. The second-order valence-electron chi connectivity index (χ2n) is 10.6. The highest BCUT2D eigenvalue weighted by Crippen LogP contribution is 2.32. The smallest absolute Gasteiger partial charge is 0.414 e. The van der Waals surface area contributed by atoms with Crippen molar-refractivity contribution in [1.82, 2.24) is 4.90 Å². The summed E-state index contributed by atoms with van der Waals surface area (Å²) in [6.07, 6.45) is -1.84. The third kappa shape index (κ3) is 6.59. The molecule has 212 valence electrons. The van der Waals surface area contributed by atoms with Gasteiger partial charge in [0.1, 0.15) is 17.4 Å². The lowest BCUT2D eigenvalue weighted by molar-refractivity contribution is 0.0240. The summed E-state index contributed by atoms with van der Waals surface area (Å²) in [5.74, 6) is -1.72. The van der Waals surface area contributed by atoms with Crippen molar-refractivity contribution >= 4 is 33.7 Å². The molecule has 4 rings (SSSR count). The molecule has 2 amide bonds. The third-order valence-electron chi connectivity index (χ3n) is 6.50. The zero-order chi connectivity index (χ0) is 28.7. The molecule has 2 aromatic rings. The maximum Gasteiger partial charge on any atom is 0.414 e. The van der Waals surface area contributed by atoms with Crippen LogP contribution in [-0.4, -0.2) is 74.5 Å². The Bertz CT molecular complexity index is 1360. The topological polar surface area (TPSA) is 117 Å². The van der Waals surface area contributed by atoms with Gasteiger partial charge in [0.05, 0.1) is 17.1 Å².